The van der Waals surface area contributed by atoms with E-state index in [0.29, 0.717) is 0 Å². The molecular formula is C20H22S6. The van der Waals surface area contributed by atoms with Crippen molar-refractivity contribution in [2.24, 2.45) is 0 Å². The van der Waals surface area contributed by atoms with Gasteiger partial charge in [0.15, 0.2) is 0 Å². The standard InChI is InChI=1S/C20H22S6/c1-3-5-9-23-19-20(24-10-6-4-2)26-18(25-19)15-13-7-11-21-16(13)17-14(15)8-12-22-17/h7-8,11-12H,3-6,9-10H2,1-2H3. The first-order valence-electron chi connectivity index (χ1n) is 9.09. The first kappa shape index (κ1) is 19.6. The van der Waals surface area contributed by atoms with E-state index in [0.717, 1.165) is 0 Å². The lowest BCUT2D eigenvalue weighted by molar-refractivity contribution is 0.897. The van der Waals surface area contributed by atoms with Gasteiger partial charge in [0.2, 0.25) is 0 Å². The van der Waals surface area contributed by atoms with Crippen molar-refractivity contribution in [3.05, 3.63) is 46.7 Å². The summed E-state index contributed by atoms with van der Waals surface area (Å²) in [6.07, 6.45) is 5.17. The molecule has 0 nitrogen and oxygen atoms in total. The summed E-state index contributed by atoms with van der Waals surface area (Å²) in [6.45, 7) is 4.56. The topological polar surface area (TPSA) is 0 Å². The summed E-state index contributed by atoms with van der Waals surface area (Å²) in [6, 6.07) is 4.64. The largest absolute Gasteiger partial charge is 0.142 e. The summed E-state index contributed by atoms with van der Waals surface area (Å²) in [4.78, 5) is 2.96. The van der Waals surface area contributed by atoms with Gasteiger partial charge in [-0.3, -0.25) is 0 Å². The van der Waals surface area contributed by atoms with Gasteiger partial charge in [0.05, 0.1) is 22.5 Å². The molecule has 0 radical (unpaired) electrons. The van der Waals surface area contributed by atoms with Gasteiger partial charge in [0.1, 0.15) is 0 Å². The fourth-order valence-electron chi connectivity index (χ4n) is 2.90. The van der Waals surface area contributed by atoms with Crippen molar-refractivity contribution >= 4 is 75.3 Å². The van der Waals surface area contributed by atoms with E-state index >= 15 is 0 Å². The number of fused-ring (bicyclic) bond motifs is 3. The molecule has 1 aliphatic carbocycles. The summed E-state index contributed by atoms with van der Waals surface area (Å²) in [5.41, 5.74) is 4.42. The molecule has 0 amide bonds. The summed E-state index contributed by atoms with van der Waals surface area (Å²) in [5, 5.41) is 4.50. The van der Waals surface area contributed by atoms with E-state index in [1.165, 1.54) is 67.9 Å². The van der Waals surface area contributed by atoms with E-state index < -0.39 is 0 Å². The number of thiophene rings is 2. The van der Waals surface area contributed by atoms with Crippen LogP contribution in [0.4, 0.5) is 0 Å². The zero-order chi connectivity index (χ0) is 17.9. The van der Waals surface area contributed by atoms with E-state index in [4.69, 9.17) is 0 Å². The molecule has 6 heteroatoms. The molecule has 2 aromatic heterocycles. The predicted octanol–water partition coefficient (Wildman–Crippen LogP) is 9.18. The normalized spacial score (nSPS) is 15.9. The van der Waals surface area contributed by atoms with Gasteiger partial charge in [-0.25, -0.2) is 0 Å². The van der Waals surface area contributed by atoms with Crippen molar-refractivity contribution in [2.45, 2.75) is 39.5 Å². The van der Waals surface area contributed by atoms with Crippen LogP contribution in [0.3, 0.4) is 0 Å². The van der Waals surface area contributed by atoms with Crippen molar-refractivity contribution in [1.29, 1.82) is 0 Å². The molecule has 0 saturated heterocycles. The molecule has 2 aliphatic rings. The van der Waals surface area contributed by atoms with Crippen LogP contribution in [0.2, 0.25) is 0 Å². The third-order valence-corrected chi connectivity index (χ3v) is 12.0. The third kappa shape index (κ3) is 3.87. The van der Waals surface area contributed by atoms with E-state index in [-0.39, 0.29) is 0 Å². The van der Waals surface area contributed by atoms with Crippen molar-refractivity contribution in [1.82, 2.24) is 0 Å². The molecular weight excluding hydrogens is 433 g/mol. The molecule has 1 aliphatic heterocycles. The average molecular weight is 455 g/mol. The van der Waals surface area contributed by atoms with E-state index in [1.54, 1.807) is 8.47 Å². The highest BCUT2D eigenvalue weighted by atomic mass is 32.3. The lowest BCUT2D eigenvalue weighted by Crippen LogP contribution is -1.80. The van der Waals surface area contributed by atoms with Gasteiger partial charge < -0.3 is 0 Å². The van der Waals surface area contributed by atoms with Crippen molar-refractivity contribution in [3.8, 4) is 9.75 Å². The molecule has 0 spiro atoms. The Morgan fingerprint density at radius 3 is 1.73 bits per heavy atom. The maximum Gasteiger partial charge on any atom is 0.0660 e. The summed E-state index contributed by atoms with van der Waals surface area (Å²) < 4.78 is 4.60. The molecule has 0 bridgehead atoms. The molecule has 0 aromatic carbocycles. The molecule has 138 valence electrons. The van der Waals surface area contributed by atoms with Gasteiger partial charge in [0, 0.05) is 16.7 Å². The summed E-state index contributed by atoms with van der Waals surface area (Å²) in [7, 11) is 0. The average Bonchev–Trinajstić information content (AvgIpc) is 3.38. The molecule has 26 heavy (non-hydrogen) atoms. The zero-order valence-electron chi connectivity index (χ0n) is 15.0. The third-order valence-electron chi connectivity index (χ3n) is 4.28. The Labute approximate surface area is 181 Å². The van der Waals surface area contributed by atoms with Crippen LogP contribution in [0, 0.1) is 0 Å². The molecule has 3 heterocycles. The highest BCUT2D eigenvalue weighted by Gasteiger charge is 2.32. The van der Waals surface area contributed by atoms with Gasteiger partial charge in [-0.05, 0) is 47.2 Å². The second-order valence-electron chi connectivity index (χ2n) is 6.17. The van der Waals surface area contributed by atoms with Crippen LogP contribution in [0.25, 0.3) is 15.3 Å². The smallest absolute Gasteiger partial charge is 0.0660 e. The highest BCUT2D eigenvalue weighted by molar-refractivity contribution is 8.40. The maximum atomic E-state index is 2.32. The lowest BCUT2D eigenvalue weighted by Gasteiger charge is -2.05. The van der Waals surface area contributed by atoms with Gasteiger partial charge in [-0.1, -0.05) is 50.2 Å². The lowest BCUT2D eigenvalue weighted by atomic mass is 10.1. The van der Waals surface area contributed by atoms with E-state index in [1.807, 2.05) is 46.2 Å². The maximum absolute atomic E-state index is 2.32. The summed E-state index contributed by atoms with van der Waals surface area (Å²) in [5.74, 6) is 2.49. The number of hydrogen-bond acceptors (Lipinski definition) is 6. The van der Waals surface area contributed by atoms with Crippen LogP contribution in [0.1, 0.15) is 50.7 Å². The second-order valence-corrected chi connectivity index (χ2v) is 13.0. The number of hydrogen-bond donors (Lipinski definition) is 0. The van der Waals surface area contributed by atoms with Crippen molar-refractivity contribution in [2.75, 3.05) is 11.5 Å². The van der Waals surface area contributed by atoms with Crippen LogP contribution < -0.4 is 0 Å². The highest BCUT2D eigenvalue weighted by Crippen LogP contribution is 2.63. The van der Waals surface area contributed by atoms with Gasteiger partial charge in [-0.2, -0.15) is 0 Å². The Kier molecular flexibility index (Phi) is 6.92. The minimum absolute atomic E-state index is 1.24. The fraction of sp³-hybridized carbons (Fsp3) is 0.400. The predicted molar refractivity (Wildman–Crippen MR) is 131 cm³/mol. The molecule has 0 atom stereocenters. The summed E-state index contributed by atoms with van der Waals surface area (Å²) >= 11 is 12.0. The van der Waals surface area contributed by atoms with Crippen molar-refractivity contribution < 1.29 is 0 Å². The van der Waals surface area contributed by atoms with Crippen LogP contribution >= 0.6 is 69.7 Å². The van der Waals surface area contributed by atoms with E-state index in [2.05, 4.69) is 60.3 Å². The van der Waals surface area contributed by atoms with Crippen LogP contribution in [0.15, 0.2) is 35.6 Å². The van der Waals surface area contributed by atoms with Gasteiger partial charge >= 0.3 is 0 Å². The SMILES string of the molecule is CCCCSC1=C(SCCCC)SC(=C2c3ccsc3-c3sccc32)S1. The molecule has 4 rings (SSSR count). The van der Waals surface area contributed by atoms with Crippen LogP contribution in [-0.4, -0.2) is 11.5 Å². The molecule has 0 fully saturated rings. The molecule has 0 unspecified atom stereocenters. The Hall–Kier alpha value is 0.280. The first-order chi connectivity index (χ1) is 12.8. The van der Waals surface area contributed by atoms with Crippen LogP contribution in [-0.2, 0) is 0 Å². The Bertz CT molecular complexity index is 772. The Balaban J connectivity index is 1.62. The van der Waals surface area contributed by atoms with Gasteiger partial charge in [-0.15, -0.1) is 46.2 Å². The number of thioether (sulfide) groups is 4. The second kappa shape index (κ2) is 9.19. The monoisotopic (exact) mass is 454 g/mol. The minimum atomic E-state index is 1.24. The Morgan fingerprint density at radius 2 is 1.27 bits per heavy atom. The van der Waals surface area contributed by atoms with Crippen molar-refractivity contribution in [3.63, 3.8) is 0 Å². The van der Waals surface area contributed by atoms with Crippen LogP contribution in [0.5, 0.6) is 0 Å². The number of unbranched alkanes of at least 4 members (excludes halogenated alkanes) is 2. The van der Waals surface area contributed by atoms with E-state index in [9.17, 15) is 0 Å². The van der Waals surface area contributed by atoms with Gasteiger partial charge in [0.25, 0.3) is 0 Å². The molecule has 0 saturated carbocycles. The minimum Gasteiger partial charge on any atom is -0.142 e. The zero-order valence-corrected chi connectivity index (χ0v) is 19.9. The fourth-order valence-corrected chi connectivity index (χ4v) is 11.2. The quantitative estimate of drug-likeness (QED) is 0.311. The number of rotatable bonds is 8. The molecule has 0 N–H and O–H groups in total. The Morgan fingerprint density at radius 1 is 0.769 bits per heavy atom. The molecule has 2 aromatic rings. The first-order valence-corrected chi connectivity index (χ1v) is 14.5.